The molecule has 0 aliphatic carbocycles. The number of thioether (sulfide) groups is 1. The molecule has 10 heteroatoms. The maximum atomic E-state index is 13.2. The lowest BCUT2D eigenvalue weighted by Crippen LogP contribution is -2.30. The molecule has 3 atom stereocenters. The second-order valence-corrected chi connectivity index (χ2v) is 10.4. The standard InChI is InChI=1S/C26H30FN7OS/c1-4-22(25(35)28-18-11-9-17(27)10-12-18)36-26-29-21-8-6-5-7-20(21)24-30-23(33-34(24)26)14-13-19-15(2)31-32-16(19)3/h5-12,15-16,19,22,31-32H,4,13-14H2,1-3H3,(H,28,35). The van der Waals surface area contributed by atoms with E-state index in [2.05, 4.69) is 30.0 Å². The summed E-state index contributed by atoms with van der Waals surface area (Å²) in [5.41, 5.74) is 8.73. The number of hydrazine groups is 1. The van der Waals surface area contributed by atoms with Gasteiger partial charge in [-0.1, -0.05) is 30.8 Å². The number of aromatic nitrogens is 4. The van der Waals surface area contributed by atoms with E-state index in [1.54, 1.807) is 16.6 Å². The van der Waals surface area contributed by atoms with E-state index in [0.29, 0.717) is 35.3 Å². The number of halogens is 1. The third-order valence-electron chi connectivity index (χ3n) is 6.74. The summed E-state index contributed by atoms with van der Waals surface area (Å²) in [6, 6.07) is 14.4. The zero-order valence-corrected chi connectivity index (χ0v) is 21.3. The molecule has 0 spiro atoms. The van der Waals surface area contributed by atoms with E-state index in [1.807, 2.05) is 31.2 Å². The minimum absolute atomic E-state index is 0.165. The van der Waals surface area contributed by atoms with Crippen molar-refractivity contribution in [3.63, 3.8) is 0 Å². The molecule has 36 heavy (non-hydrogen) atoms. The SMILES string of the molecule is CCC(Sc1nc2ccccc2c2nc(CCC3C(C)NNC3C)nn12)C(=O)Nc1ccc(F)cc1. The lowest BCUT2D eigenvalue weighted by atomic mass is 9.91. The number of benzene rings is 2. The Labute approximate surface area is 213 Å². The second-order valence-electron chi connectivity index (χ2n) is 9.25. The van der Waals surface area contributed by atoms with E-state index >= 15 is 0 Å². The fraction of sp³-hybridized carbons (Fsp3) is 0.385. The summed E-state index contributed by atoms with van der Waals surface area (Å²) in [5, 5.41) is 8.84. The summed E-state index contributed by atoms with van der Waals surface area (Å²) in [6.45, 7) is 6.33. The molecule has 0 bridgehead atoms. The molecule has 1 saturated heterocycles. The highest BCUT2D eigenvalue weighted by Gasteiger charge is 2.30. The molecule has 3 heterocycles. The number of hydrogen-bond donors (Lipinski definition) is 3. The van der Waals surface area contributed by atoms with Gasteiger partial charge in [-0.25, -0.2) is 14.4 Å². The van der Waals surface area contributed by atoms with Crippen molar-refractivity contribution >= 4 is 39.9 Å². The average molecular weight is 508 g/mol. The average Bonchev–Trinajstić information content (AvgIpc) is 3.45. The summed E-state index contributed by atoms with van der Waals surface area (Å²) in [6.07, 6.45) is 2.31. The Bertz CT molecular complexity index is 1370. The predicted molar refractivity (Wildman–Crippen MR) is 140 cm³/mol. The van der Waals surface area contributed by atoms with Crippen LogP contribution < -0.4 is 16.2 Å². The zero-order chi connectivity index (χ0) is 25.2. The Morgan fingerprint density at radius 3 is 2.56 bits per heavy atom. The van der Waals surface area contributed by atoms with Crippen LogP contribution in [-0.2, 0) is 11.2 Å². The minimum atomic E-state index is -0.406. The molecule has 2 aromatic heterocycles. The fourth-order valence-corrected chi connectivity index (χ4v) is 5.63. The third kappa shape index (κ3) is 5.07. The van der Waals surface area contributed by atoms with Gasteiger partial charge in [-0.05, 0) is 69.0 Å². The van der Waals surface area contributed by atoms with Gasteiger partial charge in [0.15, 0.2) is 16.6 Å². The number of carbonyl (C=O) groups is 1. The van der Waals surface area contributed by atoms with E-state index in [-0.39, 0.29) is 11.7 Å². The monoisotopic (exact) mass is 507 g/mol. The molecule has 0 saturated carbocycles. The molecule has 5 rings (SSSR count). The summed E-state index contributed by atoms with van der Waals surface area (Å²) >= 11 is 1.36. The first kappa shape index (κ1) is 24.6. The molecule has 2 aromatic carbocycles. The number of para-hydroxylation sites is 1. The van der Waals surface area contributed by atoms with Crippen LogP contribution in [0.5, 0.6) is 0 Å². The number of carbonyl (C=O) groups excluding carboxylic acids is 1. The minimum Gasteiger partial charge on any atom is -0.325 e. The van der Waals surface area contributed by atoms with Crippen molar-refractivity contribution in [2.24, 2.45) is 5.92 Å². The molecule has 1 aliphatic rings. The number of hydrogen-bond acceptors (Lipinski definition) is 7. The second kappa shape index (κ2) is 10.5. The van der Waals surface area contributed by atoms with Crippen LogP contribution in [0.15, 0.2) is 53.7 Å². The van der Waals surface area contributed by atoms with Crippen LogP contribution >= 0.6 is 11.8 Å². The summed E-state index contributed by atoms with van der Waals surface area (Å²) in [5.74, 6) is 0.746. The van der Waals surface area contributed by atoms with Gasteiger partial charge in [0.1, 0.15) is 5.82 Å². The van der Waals surface area contributed by atoms with Gasteiger partial charge < -0.3 is 5.32 Å². The fourth-order valence-electron chi connectivity index (χ4n) is 4.67. The maximum absolute atomic E-state index is 13.2. The van der Waals surface area contributed by atoms with E-state index in [1.165, 1.54) is 23.9 Å². The highest BCUT2D eigenvalue weighted by atomic mass is 32.2. The lowest BCUT2D eigenvalue weighted by molar-refractivity contribution is -0.115. The summed E-state index contributed by atoms with van der Waals surface area (Å²) in [7, 11) is 0. The third-order valence-corrected chi connectivity index (χ3v) is 8.05. The summed E-state index contributed by atoms with van der Waals surface area (Å²) < 4.78 is 15.0. The van der Waals surface area contributed by atoms with E-state index < -0.39 is 5.25 Å². The number of rotatable bonds is 8. The van der Waals surface area contributed by atoms with E-state index in [9.17, 15) is 9.18 Å². The van der Waals surface area contributed by atoms with E-state index in [0.717, 1.165) is 35.2 Å². The largest absolute Gasteiger partial charge is 0.325 e. The molecule has 1 amide bonds. The molecule has 1 fully saturated rings. The quantitative estimate of drug-likeness (QED) is 0.241. The Kier molecular flexibility index (Phi) is 7.17. The highest BCUT2D eigenvalue weighted by molar-refractivity contribution is 8.00. The van der Waals surface area contributed by atoms with Crippen molar-refractivity contribution in [3.05, 3.63) is 60.2 Å². The first-order valence-corrected chi connectivity index (χ1v) is 13.2. The molecule has 1 aliphatic heterocycles. The van der Waals surface area contributed by atoms with Crippen LogP contribution in [0.25, 0.3) is 16.6 Å². The smallest absolute Gasteiger partial charge is 0.237 e. The number of amides is 1. The molecule has 3 unspecified atom stereocenters. The predicted octanol–water partition coefficient (Wildman–Crippen LogP) is 4.36. The zero-order valence-electron chi connectivity index (χ0n) is 20.5. The highest BCUT2D eigenvalue weighted by Crippen LogP contribution is 2.29. The van der Waals surface area contributed by atoms with Crippen molar-refractivity contribution in [2.75, 3.05) is 5.32 Å². The number of anilines is 1. The van der Waals surface area contributed by atoms with Gasteiger partial charge in [0, 0.05) is 29.6 Å². The Morgan fingerprint density at radius 2 is 1.83 bits per heavy atom. The van der Waals surface area contributed by atoms with Crippen molar-refractivity contribution in [1.29, 1.82) is 0 Å². The first-order valence-electron chi connectivity index (χ1n) is 12.3. The Balaban J connectivity index is 1.42. The topological polar surface area (TPSA) is 96.2 Å². The normalized spacial score (nSPS) is 20.7. The first-order chi connectivity index (χ1) is 17.4. The van der Waals surface area contributed by atoms with Crippen molar-refractivity contribution in [1.82, 2.24) is 30.4 Å². The number of aryl methyl sites for hydroxylation is 1. The molecule has 3 N–H and O–H groups in total. The summed E-state index contributed by atoms with van der Waals surface area (Å²) in [4.78, 5) is 22.8. The molecule has 188 valence electrons. The molecular weight excluding hydrogens is 477 g/mol. The molecule has 8 nitrogen and oxygen atoms in total. The van der Waals surface area contributed by atoms with Crippen LogP contribution in [0.3, 0.4) is 0 Å². The van der Waals surface area contributed by atoms with Crippen molar-refractivity contribution < 1.29 is 9.18 Å². The lowest BCUT2D eigenvalue weighted by Gasteiger charge is -2.16. The van der Waals surface area contributed by atoms with Crippen LogP contribution in [0.2, 0.25) is 0 Å². The van der Waals surface area contributed by atoms with E-state index in [4.69, 9.17) is 15.1 Å². The van der Waals surface area contributed by atoms with Gasteiger partial charge in [-0.3, -0.25) is 15.6 Å². The van der Waals surface area contributed by atoms with Gasteiger partial charge in [0.05, 0.1) is 10.8 Å². The molecular formula is C26H30FN7OS. The number of nitrogens with one attached hydrogen (secondary N) is 3. The van der Waals surface area contributed by atoms with Crippen LogP contribution in [-0.4, -0.2) is 42.8 Å². The van der Waals surface area contributed by atoms with Gasteiger partial charge in [-0.2, -0.15) is 4.52 Å². The Morgan fingerprint density at radius 1 is 1.11 bits per heavy atom. The number of fused-ring (bicyclic) bond motifs is 3. The van der Waals surface area contributed by atoms with Crippen LogP contribution in [0.1, 0.15) is 39.4 Å². The van der Waals surface area contributed by atoms with Crippen molar-refractivity contribution in [2.45, 2.75) is 62.5 Å². The van der Waals surface area contributed by atoms with Crippen molar-refractivity contribution in [3.8, 4) is 0 Å². The maximum Gasteiger partial charge on any atom is 0.237 e. The van der Waals surface area contributed by atoms with Gasteiger partial charge in [0.2, 0.25) is 5.91 Å². The van der Waals surface area contributed by atoms with Crippen LogP contribution in [0.4, 0.5) is 10.1 Å². The van der Waals surface area contributed by atoms with Crippen LogP contribution in [0, 0.1) is 11.7 Å². The Hall–Kier alpha value is -3.08. The number of nitrogens with zero attached hydrogens (tertiary/aromatic N) is 4. The van der Waals surface area contributed by atoms with Gasteiger partial charge >= 0.3 is 0 Å². The molecule has 0 radical (unpaired) electrons. The van der Waals surface area contributed by atoms with Gasteiger partial charge in [0.25, 0.3) is 0 Å². The van der Waals surface area contributed by atoms with Gasteiger partial charge in [-0.15, -0.1) is 5.10 Å². The molecule has 4 aromatic rings.